The number of hydrazine groups is 1. The van der Waals surface area contributed by atoms with E-state index in [2.05, 4.69) is 15.4 Å². The smallest absolute Gasteiger partial charge is 0.224 e. The molecule has 0 amide bonds. The molecule has 7 heteroatoms. The van der Waals surface area contributed by atoms with E-state index in [9.17, 15) is 4.39 Å². The summed E-state index contributed by atoms with van der Waals surface area (Å²) < 4.78 is 19.2. The van der Waals surface area contributed by atoms with Gasteiger partial charge in [0.25, 0.3) is 0 Å². The monoisotopic (exact) mass is 287 g/mol. The van der Waals surface area contributed by atoms with E-state index in [0.29, 0.717) is 11.6 Å². The van der Waals surface area contributed by atoms with Crippen molar-refractivity contribution in [2.45, 2.75) is 19.8 Å². The van der Waals surface area contributed by atoms with Crippen molar-refractivity contribution in [2.24, 2.45) is 5.84 Å². The lowest BCUT2D eigenvalue weighted by Gasteiger charge is -2.11. The summed E-state index contributed by atoms with van der Waals surface area (Å²) in [5.41, 5.74) is 2.63. The standard InChI is InChI=1S/C14H14FN5O/c1-8(2)14-18-12(20-17)6-13(19-14)21-11-4-3-9(7-16)5-10(11)15/h3-6,8H,17H2,1-2H3,(H,18,19,20). The second kappa shape index (κ2) is 6.15. The van der Waals surface area contributed by atoms with Gasteiger partial charge in [0, 0.05) is 12.0 Å². The lowest BCUT2D eigenvalue weighted by Crippen LogP contribution is -2.11. The van der Waals surface area contributed by atoms with Gasteiger partial charge >= 0.3 is 0 Å². The molecule has 0 radical (unpaired) electrons. The number of anilines is 1. The lowest BCUT2D eigenvalue weighted by atomic mass is 10.2. The number of aromatic nitrogens is 2. The predicted octanol–water partition coefficient (Wildman–Crippen LogP) is 2.69. The number of nitrogens with one attached hydrogen (secondary N) is 1. The number of nitrogen functional groups attached to an aromatic ring is 1. The molecule has 1 heterocycles. The number of nitrogens with zero attached hydrogens (tertiary/aromatic N) is 3. The van der Waals surface area contributed by atoms with Gasteiger partial charge in [0.2, 0.25) is 5.88 Å². The third kappa shape index (κ3) is 3.43. The van der Waals surface area contributed by atoms with Crippen molar-refractivity contribution >= 4 is 5.82 Å². The summed E-state index contributed by atoms with van der Waals surface area (Å²) in [6.45, 7) is 3.84. The van der Waals surface area contributed by atoms with E-state index in [1.807, 2.05) is 19.9 Å². The molecule has 0 spiro atoms. The fraction of sp³-hybridized carbons (Fsp3) is 0.214. The maximum atomic E-state index is 13.8. The Morgan fingerprint density at radius 3 is 2.67 bits per heavy atom. The Hall–Kier alpha value is -2.72. The Kier molecular flexibility index (Phi) is 4.30. The molecule has 0 aliphatic heterocycles. The molecule has 0 aliphatic carbocycles. The van der Waals surface area contributed by atoms with E-state index in [1.54, 1.807) is 0 Å². The van der Waals surface area contributed by atoms with Crippen LogP contribution >= 0.6 is 0 Å². The van der Waals surface area contributed by atoms with Gasteiger partial charge in [0.1, 0.15) is 11.6 Å². The highest BCUT2D eigenvalue weighted by Gasteiger charge is 2.11. The highest BCUT2D eigenvalue weighted by atomic mass is 19.1. The van der Waals surface area contributed by atoms with Gasteiger partial charge in [0.05, 0.1) is 11.6 Å². The van der Waals surface area contributed by atoms with Crippen molar-refractivity contribution in [1.82, 2.24) is 9.97 Å². The molecule has 1 aromatic heterocycles. The summed E-state index contributed by atoms with van der Waals surface area (Å²) >= 11 is 0. The van der Waals surface area contributed by atoms with Crippen LogP contribution in [0.3, 0.4) is 0 Å². The maximum absolute atomic E-state index is 13.8. The van der Waals surface area contributed by atoms with E-state index in [0.717, 1.165) is 6.07 Å². The summed E-state index contributed by atoms with van der Waals surface area (Å²) in [6, 6.07) is 7.25. The molecule has 0 bridgehead atoms. The quantitative estimate of drug-likeness (QED) is 0.663. The van der Waals surface area contributed by atoms with E-state index >= 15 is 0 Å². The van der Waals surface area contributed by atoms with E-state index < -0.39 is 5.82 Å². The van der Waals surface area contributed by atoms with E-state index in [4.69, 9.17) is 15.8 Å². The van der Waals surface area contributed by atoms with Gasteiger partial charge in [-0.2, -0.15) is 10.2 Å². The average Bonchev–Trinajstić information content (AvgIpc) is 2.48. The molecule has 0 saturated carbocycles. The van der Waals surface area contributed by atoms with E-state index in [-0.39, 0.29) is 23.1 Å². The zero-order valence-electron chi connectivity index (χ0n) is 11.6. The van der Waals surface area contributed by atoms with Crippen LogP contribution in [0.15, 0.2) is 24.3 Å². The molecule has 21 heavy (non-hydrogen) atoms. The van der Waals surface area contributed by atoms with Crippen LogP contribution in [0.4, 0.5) is 10.2 Å². The number of benzene rings is 1. The highest BCUT2D eigenvalue weighted by molar-refractivity contribution is 5.41. The number of nitriles is 1. The normalized spacial score (nSPS) is 10.3. The Morgan fingerprint density at radius 1 is 1.33 bits per heavy atom. The van der Waals surface area contributed by atoms with Crippen molar-refractivity contribution < 1.29 is 9.13 Å². The first-order chi connectivity index (χ1) is 10.0. The molecule has 0 atom stereocenters. The van der Waals surface area contributed by atoms with Crippen LogP contribution in [-0.4, -0.2) is 9.97 Å². The molecule has 1 aromatic carbocycles. The molecular weight excluding hydrogens is 273 g/mol. The molecule has 0 aliphatic rings. The van der Waals surface area contributed by atoms with Crippen LogP contribution in [0.5, 0.6) is 11.6 Å². The fourth-order valence-electron chi connectivity index (χ4n) is 1.59. The van der Waals surface area contributed by atoms with Crippen molar-refractivity contribution in [1.29, 1.82) is 5.26 Å². The minimum absolute atomic E-state index is 0.0228. The Labute approximate surface area is 121 Å². The van der Waals surface area contributed by atoms with Crippen molar-refractivity contribution in [3.05, 3.63) is 41.5 Å². The molecular formula is C14H14FN5O. The molecule has 2 aromatic rings. The SMILES string of the molecule is CC(C)c1nc(NN)cc(Oc2ccc(C#N)cc2F)n1. The average molecular weight is 287 g/mol. The van der Waals surface area contributed by atoms with Crippen LogP contribution in [-0.2, 0) is 0 Å². The molecule has 108 valence electrons. The topological polar surface area (TPSA) is 96.9 Å². The van der Waals surface area contributed by atoms with Crippen LogP contribution in [0.2, 0.25) is 0 Å². The van der Waals surface area contributed by atoms with E-state index in [1.165, 1.54) is 18.2 Å². The first-order valence-corrected chi connectivity index (χ1v) is 6.26. The molecule has 2 rings (SSSR count). The minimum Gasteiger partial charge on any atom is -0.436 e. The van der Waals surface area contributed by atoms with Crippen LogP contribution in [0.25, 0.3) is 0 Å². The Morgan fingerprint density at radius 2 is 2.10 bits per heavy atom. The van der Waals surface area contributed by atoms with Gasteiger partial charge < -0.3 is 10.2 Å². The molecule has 0 fully saturated rings. The number of hydrogen-bond acceptors (Lipinski definition) is 6. The molecule has 0 unspecified atom stereocenters. The first kappa shape index (κ1) is 14.7. The maximum Gasteiger partial charge on any atom is 0.224 e. The first-order valence-electron chi connectivity index (χ1n) is 6.26. The summed E-state index contributed by atoms with van der Waals surface area (Å²) in [4.78, 5) is 8.38. The zero-order valence-corrected chi connectivity index (χ0v) is 11.6. The fourth-order valence-corrected chi connectivity index (χ4v) is 1.59. The Bertz CT molecular complexity index is 696. The van der Waals surface area contributed by atoms with Crippen LogP contribution in [0, 0.1) is 17.1 Å². The molecule has 0 saturated heterocycles. The van der Waals surface area contributed by atoms with Gasteiger partial charge in [-0.05, 0) is 18.2 Å². The summed E-state index contributed by atoms with van der Waals surface area (Å²) in [5.74, 6) is 5.81. The number of rotatable bonds is 4. The lowest BCUT2D eigenvalue weighted by molar-refractivity contribution is 0.423. The van der Waals surface area contributed by atoms with Crippen LogP contribution < -0.4 is 16.0 Å². The van der Waals surface area contributed by atoms with Gasteiger partial charge in [-0.15, -0.1) is 0 Å². The number of ether oxygens (including phenoxy) is 1. The van der Waals surface area contributed by atoms with Gasteiger partial charge in [-0.25, -0.2) is 15.2 Å². The minimum atomic E-state index is -0.638. The van der Waals surface area contributed by atoms with Gasteiger partial charge in [-0.3, -0.25) is 0 Å². The zero-order chi connectivity index (χ0) is 15.4. The number of hydrogen-bond donors (Lipinski definition) is 2. The summed E-state index contributed by atoms with van der Waals surface area (Å²) in [5, 5.41) is 8.71. The third-order valence-electron chi connectivity index (χ3n) is 2.66. The molecule has 3 N–H and O–H groups in total. The van der Waals surface area contributed by atoms with Crippen molar-refractivity contribution in [2.75, 3.05) is 5.43 Å². The Balaban J connectivity index is 2.35. The van der Waals surface area contributed by atoms with Crippen LogP contribution in [0.1, 0.15) is 31.2 Å². The van der Waals surface area contributed by atoms with Gasteiger partial charge in [-0.1, -0.05) is 13.8 Å². The second-order valence-electron chi connectivity index (χ2n) is 4.61. The molecule has 6 nitrogen and oxygen atoms in total. The van der Waals surface area contributed by atoms with Crippen molar-refractivity contribution in [3.8, 4) is 17.7 Å². The van der Waals surface area contributed by atoms with Gasteiger partial charge in [0.15, 0.2) is 11.6 Å². The summed E-state index contributed by atoms with van der Waals surface area (Å²) in [7, 11) is 0. The number of nitrogens with two attached hydrogens (primary N) is 1. The number of halogens is 1. The highest BCUT2D eigenvalue weighted by Crippen LogP contribution is 2.26. The second-order valence-corrected chi connectivity index (χ2v) is 4.61. The largest absolute Gasteiger partial charge is 0.436 e. The third-order valence-corrected chi connectivity index (χ3v) is 2.66. The predicted molar refractivity (Wildman–Crippen MR) is 75.1 cm³/mol. The van der Waals surface area contributed by atoms with Crippen molar-refractivity contribution in [3.63, 3.8) is 0 Å². The summed E-state index contributed by atoms with van der Waals surface area (Å²) in [6.07, 6.45) is 0.